The van der Waals surface area contributed by atoms with Gasteiger partial charge in [0, 0.05) is 6.04 Å². The Kier molecular flexibility index (Phi) is 4.82. The Morgan fingerprint density at radius 3 is 3.07 bits per heavy atom. The van der Waals surface area contributed by atoms with Crippen molar-refractivity contribution in [2.75, 3.05) is 6.54 Å². The van der Waals surface area contributed by atoms with Crippen molar-refractivity contribution in [1.82, 2.24) is 10.6 Å². The number of carbonyl (C=O) groups is 1. The van der Waals surface area contributed by atoms with Crippen molar-refractivity contribution >= 4 is 5.91 Å². The third-order valence-electron chi connectivity index (χ3n) is 2.96. The molecule has 0 saturated carbocycles. The van der Waals surface area contributed by atoms with E-state index in [1.165, 1.54) is 6.42 Å². The lowest BCUT2D eigenvalue weighted by atomic mass is 9.92. The van der Waals surface area contributed by atoms with E-state index in [4.69, 9.17) is 0 Å². The topological polar surface area (TPSA) is 41.1 Å². The van der Waals surface area contributed by atoms with E-state index in [2.05, 4.69) is 24.1 Å². The molecule has 86 valence electrons. The number of amides is 1. The predicted molar refractivity (Wildman–Crippen MR) is 62.6 cm³/mol. The molecule has 0 aromatic carbocycles. The smallest absolute Gasteiger partial charge is 0.237 e. The van der Waals surface area contributed by atoms with Crippen LogP contribution in [-0.2, 0) is 4.79 Å². The van der Waals surface area contributed by atoms with Crippen LogP contribution in [0.4, 0.5) is 0 Å². The van der Waals surface area contributed by atoms with Crippen molar-refractivity contribution in [3.63, 3.8) is 0 Å². The molecule has 15 heavy (non-hydrogen) atoms. The molecule has 0 aromatic heterocycles. The van der Waals surface area contributed by atoms with E-state index >= 15 is 0 Å². The molecule has 0 bridgehead atoms. The number of carbonyl (C=O) groups excluding carboxylic acids is 1. The van der Waals surface area contributed by atoms with Gasteiger partial charge in [-0.25, -0.2) is 0 Å². The normalized spacial score (nSPS) is 28.1. The van der Waals surface area contributed by atoms with Gasteiger partial charge in [-0.3, -0.25) is 4.79 Å². The van der Waals surface area contributed by atoms with Crippen molar-refractivity contribution in [3.05, 3.63) is 12.7 Å². The van der Waals surface area contributed by atoms with Crippen molar-refractivity contribution in [3.8, 4) is 0 Å². The predicted octanol–water partition coefficient (Wildman–Crippen LogP) is 1.46. The van der Waals surface area contributed by atoms with Gasteiger partial charge in [0.15, 0.2) is 0 Å². The highest BCUT2D eigenvalue weighted by molar-refractivity contribution is 5.82. The fourth-order valence-electron chi connectivity index (χ4n) is 2.04. The van der Waals surface area contributed by atoms with Gasteiger partial charge in [-0.2, -0.15) is 0 Å². The van der Waals surface area contributed by atoms with Crippen LogP contribution < -0.4 is 10.6 Å². The molecule has 3 nitrogen and oxygen atoms in total. The Morgan fingerprint density at radius 1 is 1.73 bits per heavy atom. The third-order valence-corrected chi connectivity index (χ3v) is 2.96. The minimum absolute atomic E-state index is 0.00832. The average Bonchev–Trinajstić information content (AvgIpc) is 2.18. The summed E-state index contributed by atoms with van der Waals surface area (Å²) in [5.74, 6) is 0.575. The molecule has 1 fully saturated rings. The molecule has 1 aliphatic heterocycles. The first-order valence-corrected chi connectivity index (χ1v) is 5.79. The molecule has 1 aliphatic rings. The third kappa shape index (κ3) is 3.67. The van der Waals surface area contributed by atoms with E-state index in [0.29, 0.717) is 5.92 Å². The van der Waals surface area contributed by atoms with Crippen LogP contribution in [-0.4, -0.2) is 24.5 Å². The van der Waals surface area contributed by atoms with E-state index in [0.717, 1.165) is 19.4 Å². The molecule has 0 aliphatic carbocycles. The summed E-state index contributed by atoms with van der Waals surface area (Å²) in [6.07, 6.45) is 4.98. The monoisotopic (exact) mass is 210 g/mol. The Morgan fingerprint density at radius 2 is 2.47 bits per heavy atom. The summed E-state index contributed by atoms with van der Waals surface area (Å²) in [7, 11) is 0. The molecule has 3 heteroatoms. The fraction of sp³-hybridized carbons (Fsp3) is 0.750. The zero-order valence-corrected chi connectivity index (χ0v) is 9.75. The Balaban J connectivity index is 2.41. The first kappa shape index (κ1) is 12.2. The summed E-state index contributed by atoms with van der Waals surface area (Å²) < 4.78 is 0. The second-order valence-electron chi connectivity index (χ2n) is 4.49. The van der Waals surface area contributed by atoms with Crippen LogP contribution in [0.3, 0.4) is 0 Å². The van der Waals surface area contributed by atoms with Gasteiger partial charge in [0.2, 0.25) is 5.91 Å². The number of hydrogen-bond acceptors (Lipinski definition) is 2. The quantitative estimate of drug-likeness (QED) is 0.690. The molecule has 1 heterocycles. The van der Waals surface area contributed by atoms with Gasteiger partial charge >= 0.3 is 0 Å². The van der Waals surface area contributed by atoms with Gasteiger partial charge in [0.1, 0.15) is 0 Å². The zero-order valence-electron chi connectivity index (χ0n) is 9.75. The molecule has 1 amide bonds. The number of nitrogens with one attached hydrogen (secondary N) is 2. The average molecular weight is 210 g/mol. The maximum atomic E-state index is 11.9. The van der Waals surface area contributed by atoms with Crippen molar-refractivity contribution in [2.24, 2.45) is 5.92 Å². The number of piperidine rings is 1. The lowest BCUT2D eigenvalue weighted by Crippen LogP contribution is -2.52. The lowest BCUT2D eigenvalue weighted by Gasteiger charge is -2.29. The lowest BCUT2D eigenvalue weighted by molar-refractivity contribution is -0.125. The van der Waals surface area contributed by atoms with E-state index in [1.807, 2.05) is 13.0 Å². The molecule has 3 unspecified atom stereocenters. The summed E-state index contributed by atoms with van der Waals surface area (Å²) in [5.41, 5.74) is 0. The van der Waals surface area contributed by atoms with Crippen LogP contribution >= 0.6 is 0 Å². The molecule has 0 spiro atoms. The highest BCUT2D eigenvalue weighted by Gasteiger charge is 2.27. The molecule has 0 aromatic rings. The summed E-state index contributed by atoms with van der Waals surface area (Å²) in [4.78, 5) is 11.9. The standard InChI is InChI=1S/C12H22N2O/c1-4-6-10(3)14-12(15)11-9(2)7-5-8-13-11/h4,9-11,13H,1,5-8H2,2-3H3,(H,14,15). The minimum atomic E-state index is -0.00832. The van der Waals surface area contributed by atoms with Crippen LogP contribution in [0.5, 0.6) is 0 Å². The van der Waals surface area contributed by atoms with Crippen molar-refractivity contribution in [2.45, 2.75) is 45.2 Å². The molecule has 0 radical (unpaired) electrons. The first-order valence-electron chi connectivity index (χ1n) is 5.79. The van der Waals surface area contributed by atoms with Gasteiger partial charge in [0.05, 0.1) is 6.04 Å². The first-order chi connectivity index (χ1) is 7.15. The van der Waals surface area contributed by atoms with Gasteiger partial charge in [-0.05, 0) is 38.6 Å². The second-order valence-corrected chi connectivity index (χ2v) is 4.49. The summed E-state index contributed by atoms with van der Waals surface area (Å²) in [5, 5.41) is 6.29. The summed E-state index contributed by atoms with van der Waals surface area (Å²) in [6.45, 7) is 8.77. The maximum Gasteiger partial charge on any atom is 0.237 e. The van der Waals surface area contributed by atoms with Gasteiger partial charge in [-0.1, -0.05) is 13.0 Å². The van der Waals surface area contributed by atoms with Gasteiger partial charge in [-0.15, -0.1) is 6.58 Å². The number of rotatable bonds is 4. The van der Waals surface area contributed by atoms with E-state index in [1.54, 1.807) is 0 Å². The second kappa shape index (κ2) is 5.91. The fourth-order valence-corrected chi connectivity index (χ4v) is 2.04. The van der Waals surface area contributed by atoms with Gasteiger partial charge < -0.3 is 10.6 Å². The highest BCUT2D eigenvalue weighted by Crippen LogP contribution is 2.15. The van der Waals surface area contributed by atoms with Crippen LogP contribution in [0.15, 0.2) is 12.7 Å². The Labute approximate surface area is 92.3 Å². The van der Waals surface area contributed by atoms with Gasteiger partial charge in [0.25, 0.3) is 0 Å². The van der Waals surface area contributed by atoms with E-state index in [9.17, 15) is 4.79 Å². The maximum absolute atomic E-state index is 11.9. The van der Waals surface area contributed by atoms with Crippen molar-refractivity contribution in [1.29, 1.82) is 0 Å². The molecule has 1 saturated heterocycles. The van der Waals surface area contributed by atoms with Crippen LogP contribution in [0.25, 0.3) is 0 Å². The number of hydrogen-bond donors (Lipinski definition) is 2. The van der Waals surface area contributed by atoms with Crippen LogP contribution in [0, 0.1) is 5.92 Å². The van der Waals surface area contributed by atoms with Crippen LogP contribution in [0.1, 0.15) is 33.1 Å². The Bertz CT molecular complexity index is 228. The summed E-state index contributed by atoms with van der Waals surface area (Å²) in [6, 6.07) is 0.178. The van der Waals surface area contributed by atoms with E-state index < -0.39 is 0 Å². The molecule has 1 rings (SSSR count). The molecular weight excluding hydrogens is 188 g/mol. The molecule has 3 atom stereocenters. The SMILES string of the molecule is C=CCC(C)NC(=O)C1NCCCC1C. The Hall–Kier alpha value is -0.830. The molecular formula is C12H22N2O. The van der Waals surface area contributed by atoms with Crippen molar-refractivity contribution < 1.29 is 4.79 Å². The summed E-state index contributed by atoms with van der Waals surface area (Å²) >= 11 is 0. The highest BCUT2D eigenvalue weighted by atomic mass is 16.2. The minimum Gasteiger partial charge on any atom is -0.352 e. The van der Waals surface area contributed by atoms with E-state index in [-0.39, 0.29) is 18.0 Å². The zero-order chi connectivity index (χ0) is 11.3. The largest absolute Gasteiger partial charge is 0.352 e. The van der Waals surface area contributed by atoms with Crippen LogP contribution in [0.2, 0.25) is 0 Å². The molecule has 2 N–H and O–H groups in total.